The maximum atomic E-state index is 12.9. The van der Waals surface area contributed by atoms with Crippen molar-refractivity contribution in [2.75, 3.05) is 7.11 Å². The monoisotopic (exact) mass is 328 g/mol. The maximum Gasteiger partial charge on any atom is 0.216 e. The molecule has 0 aliphatic rings. The lowest BCUT2D eigenvalue weighted by molar-refractivity contribution is 0.416. The van der Waals surface area contributed by atoms with Gasteiger partial charge in [-0.05, 0) is 42.0 Å². The molecule has 5 nitrogen and oxygen atoms in total. The highest BCUT2D eigenvalue weighted by atomic mass is 32.1. The molecule has 116 valence electrons. The van der Waals surface area contributed by atoms with Crippen LogP contribution in [0.4, 0.5) is 4.39 Å². The van der Waals surface area contributed by atoms with Crippen LogP contribution in [-0.4, -0.2) is 28.2 Å². The van der Waals surface area contributed by atoms with Gasteiger partial charge in [0, 0.05) is 0 Å². The zero-order valence-corrected chi connectivity index (χ0v) is 13.0. The van der Waals surface area contributed by atoms with Gasteiger partial charge < -0.3 is 4.74 Å². The number of nitrogens with zero attached hydrogens (tertiary/aromatic N) is 3. The molecule has 7 heteroatoms. The summed E-state index contributed by atoms with van der Waals surface area (Å²) in [7, 11) is 1.59. The summed E-state index contributed by atoms with van der Waals surface area (Å²) in [6.07, 6.45) is 1.59. The lowest BCUT2D eigenvalue weighted by atomic mass is 10.2. The van der Waals surface area contributed by atoms with Crippen molar-refractivity contribution in [1.82, 2.24) is 14.9 Å². The molecule has 0 saturated heterocycles. The van der Waals surface area contributed by atoms with Crippen LogP contribution in [0.15, 0.2) is 53.6 Å². The van der Waals surface area contributed by atoms with E-state index in [1.807, 2.05) is 24.3 Å². The van der Waals surface area contributed by atoms with Gasteiger partial charge in [0.05, 0.1) is 18.9 Å². The van der Waals surface area contributed by atoms with Gasteiger partial charge in [-0.15, -0.1) is 0 Å². The summed E-state index contributed by atoms with van der Waals surface area (Å²) >= 11 is 5.22. The number of hydrogen-bond donors (Lipinski definition) is 1. The first-order valence-corrected chi connectivity index (χ1v) is 7.20. The maximum absolute atomic E-state index is 12.9. The Labute approximate surface area is 137 Å². The first-order valence-electron chi connectivity index (χ1n) is 6.80. The van der Waals surface area contributed by atoms with Gasteiger partial charge in [-0.2, -0.15) is 14.9 Å². The molecular weight excluding hydrogens is 315 g/mol. The van der Waals surface area contributed by atoms with Crippen LogP contribution in [0.3, 0.4) is 0 Å². The Morgan fingerprint density at radius 1 is 1.22 bits per heavy atom. The third-order valence-electron chi connectivity index (χ3n) is 3.19. The number of halogens is 1. The molecule has 1 heterocycles. The number of aromatic nitrogens is 3. The number of rotatable bonds is 4. The number of aromatic amines is 1. The van der Waals surface area contributed by atoms with Gasteiger partial charge in [0.25, 0.3) is 0 Å². The summed E-state index contributed by atoms with van der Waals surface area (Å²) in [6.45, 7) is 0. The van der Waals surface area contributed by atoms with Crippen molar-refractivity contribution in [3.8, 4) is 17.1 Å². The van der Waals surface area contributed by atoms with Crippen molar-refractivity contribution in [2.45, 2.75) is 0 Å². The van der Waals surface area contributed by atoms with Gasteiger partial charge in [0.15, 0.2) is 5.82 Å². The topological polar surface area (TPSA) is 55.2 Å². The predicted molar refractivity (Wildman–Crippen MR) is 88.8 cm³/mol. The summed E-state index contributed by atoms with van der Waals surface area (Å²) in [5, 5.41) is 11.3. The zero-order chi connectivity index (χ0) is 16.2. The average Bonchev–Trinajstić information content (AvgIpc) is 2.95. The van der Waals surface area contributed by atoms with E-state index in [4.69, 9.17) is 17.0 Å². The third-order valence-corrected chi connectivity index (χ3v) is 3.45. The minimum absolute atomic E-state index is 0.295. The fourth-order valence-corrected chi connectivity index (χ4v) is 2.25. The molecule has 0 radical (unpaired) electrons. The molecule has 0 aliphatic carbocycles. The van der Waals surface area contributed by atoms with Crippen LogP contribution in [0, 0.1) is 10.6 Å². The van der Waals surface area contributed by atoms with Gasteiger partial charge in [-0.3, -0.25) is 0 Å². The number of H-pyrrole nitrogens is 1. The van der Waals surface area contributed by atoms with Crippen LogP contribution < -0.4 is 4.74 Å². The van der Waals surface area contributed by atoms with Crippen LogP contribution in [0.25, 0.3) is 11.4 Å². The van der Waals surface area contributed by atoms with Crippen molar-refractivity contribution < 1.29 is 9.13 Å². The molecule has 0 unspecified atom stereocenters. The molecule has 1 N–H and O–H groups in total. The summed E-state index contributed by atoms with van der Waals surface area (Å²) in [5.74, 6) is 0.905. The van der Waals surface area contributed by atoms with Crippen molar-refractivity contribution in [3.63, 3.8) is 0 Å². The number of nitrogens with one attached hydrogen (secondary N) is 1. The van der Waals surface area contributed by atoms with E-state index in [9.17, 15) is 4.39 Å². The Morgan fingerprint density at radius 3 is 2.70 bits per heavy atom. The number of benzene rings is 2. The van der Waals surface area contributed by atoms with E-state index in [1.54, 1.807) is 25.5 Å². The summed E-state index contributed by atoms with van der Waals surface area (Å²) in [6, 6.07) is 13.5. The summed E-state index contributed by atoms with van der Waals surface area (Å²) < 4.78 is 20.1. The molecule has 2 aromatic carbocycles. The molecule has 3 rings (SSSR count). The van der Waals surface area contributed by atoms with E-state index in [2.05, 4.69) is 15.3 Å². The SMILES string of the molecule is COc1ccccc1-c1n[nH]c(=S)n1N=Cc1ccc(F)cc1. The number of hydrogen-bond acceptors (Lipinski definition) is 4. The van der Waals surface area contributed by atoms with Gasteiger partial charge in [0.1, 0.15) is 11.6 Å². The molecule has 0 aliphatic heterocycles. The molecule has 23 heavy (non-hydrogen) atoms. The molecule has 0 saturated carbocycles. The number of para-hydroxylation sites is 1. The number of methoxy groups -OCH3 is 1. The fourth-order valence-electron chi connectivity index (χ4n) is 2.08. The minimum atomic E-state index is -0.295. The molecule has 0 bridgehead atoms. The molecule has 0 spiro atoms. The second-order valence-electron chi connectivity index (χ2n) is 4.66. The first kappa shape index (κ1) is 15.1. The van der Waals surface area contributed by atoms with Gasteiger partial charge in [-0.1, -0.05) is 24.3 Å². The Morgan fingerprint density at radius 2 is 1.96 bits per heavy atom. The van der Waals surface area contributed by atoms with Crippen LogP contribution in [0.5, 0.6) is 5.75 Å². The Bertz CT molecular complexity index is 899. The van der Waals surface area contributed by atoms with E-state index in [1.165, 1.54) is 16.8 Å². The Hall–Kier alpha value is -2.80. The number of ether oxygens (including phenoxy) is 1. The average molecular weight is 328 g/mol. The highest BCUT2D eigenvalue weighted by Gasteiger charge is 2.12. The van der Waals surface area contributed by atoms with Gasteiger partial charge in [-0.25, -0.2) is 9.49 Å². The van der Waals surface area contributed by atoms with Crippen molar-refractivity contribution in [3.05, 3.63) is 64.7 Å². The van der Waals surface area contributed by atoms with Crippen LogP contribution >= 0.6 is 12.2 Å². The lowest BCUT2D eigenvalue weighted by Crippen LogP contribution is -1.97. The smallest absolute Gasteiger partial charge is 0.216 e. The van der Waals surface area contributed by atoms with E-state index in [-0.39, 0.29) is 5.82 Å². The predicted octanol–water partition coefficient (Wildman–Crippen LogP) is 3.64. The standard InChI is InChI=1S/C16H13FN4OS/c1-22-14-5-3-2-4-13(14)15-19-20-16(23)21(15)18-10-11-6-8-12(17)9-7-11/h2-10H,1H3,(H,20,23). The summed E-state index contributed by atoms with van der Waals surface area (Å²) in [5.41, 5.74) is 1.51. The van der Waals surface area contributed by atoms with E-state index < -0.39 is 0 Å². The molecule has 0 amide bonds. The second kappa shape index (κ2) is 6.53. The quantitative estimate of drug-likeness (QED) is 0.588. The summed E-state index contributed by atoms with van der Waals surface area (Å²) in [4.78, 5) is 0. The third kappa shape index (κ3) is 3.19. The fraction of sp³-hybridized carbons (Fsp3) is 0.0625. The van der Waals surface area contributed by atoms with Crippen LogP contribution in [-0.2, 0) is 0 Å². The van der Waals surface area contributed by atoms with Crippen molar-refractivity contribution >= 4 is 18.4 Å². The van der Waals surface area contributed by atoms with Crippen LogP contribution in [0.1, 0.15) is 5.56 Å². The van der Waals surface area contributed by atoms with Gasteiger partial charge >= 0.3 is 0 Å². The minimum Gasteiger partial charge on any atom is -0.496 e. The highest BCUT2D eigenvalue weighted by molar-refractivity contribution is 7.71. The molecule has 0 fully saturated rings. The normalized spacial score (nSPS) is 11.0. The van der Waals surface area contributed by atoms with Crippen LogP contribution in [0.2, 0.25) is 0 Å². The van der Waals surface area contributed by atoms with E-state index >= 15 is 0 Å². The largest absolute Gasteiger partial charge is 0.496 e. The molecular formula is C16H13FN4OS. The molecule has 3 aromatic rings. The highest BCUT2D eigenvalue weighted by Crippen LogP contribution is 2.27. The lowest BCUT2D eigenvalue weighted by Gasteiger charge is -2.06. The first-order chi connectivity index (χ1) is 11.2. The van der Waals surface area contributed by atoms with Crippen molar-refractivity contribution in [1.29, 1.82) is 0 Å². The van der Waals surface area contributed by atoms with E-state index in [0.717, 1.165) is 11.1 Å². The van der Waals surface area contributed by atoms with E-state index in [0.29, 0.717) is 16.3 Å². The van der Waals surface area contributed by atoms with Crippen molar-refractivity contribution in [2.24, 2.45) is 5.10 Å². The van der Waals surface area contributed by atoms with Gasteiger partial charge in [0.2, 0.25) is 4.77 Å². The second-order valence-corrected chi connectivity index (χ2v) is 5.05. The Balaban J connectivity index is 2.02. The molecule has 1 aromatic heterocycles. The zero-order valence-electron chi connectivity index (χ0n) is 12.2. The molecule has 0 atom stereocenters. The Kier molecular flexibility index (Phi) is 4.29.